The van der Waals surface area contributed by atoms with Crippen molar-refractivity contribution < 1.29 is 9.59 Å². The Bertz CT molecular complexity index is 803. The van der Waals surface area contributed by atoms with Crippen molar-refractivity contribution in [2.75, 3.05) is 25.5 Å². The number of hydrogen-bond acceptors (Lipinski definition) is 2. The van der Waals surface area contributed by atoms with Crippen molar-refractivity contribution in [1.82, 2.24) is 10.2 Å². The van der Waals surface area contributed by atoms with Crippen LogP contribution in [0, 0.1) is 6.92 Å². The SMILES string of the molecule is CNC(=O)N1CCC[C@H](c2cccc(C(=O)Nc3ccccc3C)c2)C1. The van der Waals surface area contributed by atoms with Crippen molar-refractivity contribution in [3.63, 3.8) is 0 Å². The second kappa shape index (κ2) is 8.04. The van der Waals surface area contributed by atoms with Crippen LogP contribution >= 0.6 is 0 Å². The summed E-state index contributed by atoms with van der Waals surface area (Å²) in [6.45, 7) is 3.44. The fourth-order valence-electron chi connectivity index (χ4n) is 3.43. The van der Waals surface area contributed by atoms with E-state index in [-0.39, 0.29) is 17.9 Å². The van der Waals surface area contributed by atoms with Gasteiger partial charge in [-0.1, -0.05) is 30.3 Å². The quantitative estimate of drug-likeness (QED) is 0.884. The largest absolute Gasteiger partial charge is 0.341 e. The van der Waals surface area contributed by atoms with Gasteiger partial charge in [0.15, 0.2) is 0 Å². The smallest absolute Gasteiger partial charge is 0.317 e. The van der Waals surface area contributed by atoms with E-state index in [9.17, 15) is 9.59 Å². The molecule has 0 aliphatic carbocycles. The van der Waals surface area contributed by atoms with Crippen molar-refractivity contribution in [1.29, 1.82) is 0 Å². The standard InChI is InChI=1S/C21H25N3O2/c1-15-7-3-4-11-19(15)23-20(25)17-9-5-8-16(13-17)18-10-6-12-24(14-18)21(26)22-2/h3-5,7-9,11,13,18H,6,10,12,14H2,1-2H3,(H,22,26)(H,23,25)/t18-/m0/s1. The number of nitrogens with zero attached hydrogens (tertiary/aromatic N) is 1. The van der Waals surface area contributed by atoms with Crippen molar-refractivity contribution in [3.8, 4) is 0 Å². The number of para-hydroxylation sites is 1. The van der Waals surface area contributed by atoms with E-state index >= 15 is 0 Å². The molecule has 136 valence electrons. The van der Waals surface area contributed by atoms with E-state index in [1.807, 2.05) is 60.4 Å². The average Bonchev–Trinajstić information content (AvgIpc) is 2.69. The Balaban J connectivity index is 1.74. The van der Waals surface area contributed by atoms with Gasteiger partial charge in [0, 0.05) is 37.3 Å². The van der Waals surface area contributed by atoms with Crippen LogP contribution in [0.5, 0.6) is 0 Å². The maximum absolute atomic E-state index is 12.6. The van der Waals surface area contributed by atoms with Crippen LogP contribution in [0.15, 0.2) is 48.5 Å². The number of aryl methyl sites for hydroxylation is 1. The fourth-order valence-corrected chi connectivity index (χ4v) is 3.43. The average molecular weight is 351 g/mol. The predicted octanol–water partition coefficient (Wildman–Crippen LogP) is 3.77. The van der Waals surface area contributed by atoms with E-state index < -0.39 is 0 Å². The van der Waals surface area contributed by atoms with Crippen molar-refractivity contribution in [2.45, 2.75) is 25.7 Å². The lowest BCUT2D eigenvalue weighted by Crippen LogP contribution is -2.43. The Morgan fingerprint density at radius 2 is 1.92 bits per heavy atom. The third kappa shape index (κ3) is 4.04. The van der Waals surface area contributed by atoms with Crippen LogP contribution in [0.4, 0.5) is 10.5 Å². The van der Waals surface area contributed by atoms with Gasteiger partial charge in [0.1, 0.15) is 0 Å². The van der Waals surface area contributed by atoms with Crippen LogP contribution in [0.3, 0.4) is 0 Å². The van der Waals surface area contributed by atoms with Gasteiger partial charge in [-0.05, 0) is 49.1 Å². The summed E-state index contributed by atoms with van der Waals surface area (Å²) in [4.78, 5) is 26.4. The molecule has 0 unspecified atom stereocenters. The fraction of sp³-hybridized carbons (Fsp3) is 0.333. The highest BCUT2D eigenvalue weighted by atomic mass is 16.2. The number of benzene rings is 2. The molecule has 1 aliphatic rings. The molecule has 5 nitrogen and oxygen atoms in total. The van der Waals surface area contributed by atoms with E-state index in [4.69, 9.17) is 0 Å². The molecule has 5 heteroatoms. The van der Waals surface area contributed by atoms with E-state index in [1.54, 1.807) is 7.05 Å². The maximum Gasteiger partial charge on any atom is 0.317 e. The molecule has 1 atom stereocenters. The minimum absolute atomic E-state index is 0.0387. The van der Waals surface area contributed by atoms with Gasteiger partial charge < -0.3 is 15.5 Å². The summed E-state index contributed by atoms with van der Waals surface area (Å²) in [6.07, 6.45) is 1.99. The topological polar surface area (TPSA) is 61.4 Å². The summed E-state index contributed by atoms with van der Waals surface area (Å²) in [5.41, 5.74) is 3.61. The Morgan fingerprint density at radius 1 is 1.12 bits per heavy atom. The highest BCUT2D eigenvalue weighted by Crippen LogP contribution is 2.27. The van der Waals surface area contributed by atoms with E-state index in [1.165, 1.54) is 0 Å². The Hall–Kier alpha value is -2.82. The number of carbonyl (C=O) groups is 2. The molecular weight excluding hydrogens is 326 g/mol. The Morgan fingerprint density at radius 3 is 2.69 bits per heavy atom. The molecule has 2 aromatic rings. The summed E-state index contributed by atoms with van der Waals surface area (Å²) >= 11 is 0. The second-order valence-electron chi connectivity index (χ2n) is 6.73. The molecule has 2 aromatic carbocycles. The first kappa shape index (κ1) is 18.0. The molecule has 0 saturated carbocycles. The van der Waals surface area contributed by atoms with Gasteiger partial charge in [-0.2, -0.15) is 0 Å². The van der Waals surface area contributed by atoms with Crippen molar-refractivity contribution >= 4 is 17.6 Å². The van der Waals surface area contributed by atoms with Gasteiger partial charge in [-0.15, -0.1) is 0 Å². The maximum atomic E-state index is 12.6. The molecule has 26 heavy (non-hydrogen) atoms. The molecule has 1 saturated heterocycles. The van der Waals surface area contributed by atoms with Crippen molar-refractivity contribution in [2.24, 2.45) is 0 Å². The number of hydrogen-bond donors (Lipinski definition) is 2. The first-order chi connectivity index (χ1) is 12.6. The Kier molecular flexibility index (Phi) is 5.56. The third-order valence-corrected chi connectivity index (χ3v) is 4.94. The molecule has 0 bridgehead atoms. The normalized spacial score (nSPS) is 16.8. The molecule has 1 aliphatic heterocycles. The second-order valence-corrected chi connectivity index (χ2v) is 6.73. The first-order valence-electron chi connectivity index (χ1n) is 9.02. The summed E-state index contributed by atoms with van der Waals surface area (Å²) in [5, 5.41) is 5.67. The van der Waals surface area contributed by atoms with Gasteiger partial charge in [-0.25, -0.2) is 4.79 Å². The lowest BCUT2D eigenvalue weighted by molar-refractivity contribution is 0.102. The zero-order chi connectivity index (χ0) is 18.5. The molecule has 0 spiro atoms. The highest BCUT2D eigenvalue weighted by molar-refractivity contribution is 6.04. The number of rotatable bonds is 3. The van der Waals surface area contributed by atoms with E-state index in [2.05, 4.69) is 10.6 Å². The molecule has 1 heterocycles. The highest BCUT2D eigenvalue weighted by Gasteiger charge is 2.24. The van der Waals surface area contributed by atoms with Crippen LogP contribution in [0.2, 0.25) is 0 Å². The zero-order valence-corrected chi connectivity index (χ0v) is 15.3. The van der Waals surface area contributed by atoms with Gasteiger partial charge in [0.2, 0.25) is 0 Å². The molecule has 3 rings (SSSR count). The lowest BCUT2D eigenvalue weighted by Gasteiger charge is -2.32. The number of amides is 3. The van der Waals surface area contributed by atoms with Crippen LogP contribution in [-0.2, 0) is 0 Å². The van der Waals surface area contributed by atoms with Crippen LogP contribution in [0.1, 0.15) is 40.2 Å². The summed E-state index contributed by atoms with van der Waals surface area (Å²) in [6, 6.07) is 15.4. The van der Waals surface area contributed by atoms with Gasteiger partial charge in [0.05, 0.1) is 0 Å². The third-order valence-electron chi connectivity index (χ3n) is 4.94. The van der Waals surface area contributed by atoms with E-state index in [0.717, 1.165) is 36.2 Å². The Labute approximate surface area is 154 Å². The molecule has 2 N–H and O–H groups in total. The molecule has 0 radical (unpaired) electrons. The summed E-state index contributed by atoms with van der Waals surface area (Å²) in [5.74, 6) is 0.146. The lowest BCUT2D eigenvalue weighted by atomic mass is 9.89. The number of carbonyl (C=O) groups excluding carboxylic acids is 2. The molecule has 3 amide bonds. The number of urea groups is 1. The monoisotopic (exact) mass is 351 g/mol. The molecular formula is C21H25N3O2. The number of nitrogens with one attached hydrogen (secondary N) is 2. The van der Waals surface area contributed by atoms with Gasteiger partial charge >= 0.3 is 6.03 Å². The predicted molar refractivity (Wildman–Crippen MR) is 104 cm³/mol. The summed E-state index contributed by atoms with van der Waals surface area (Å²) < 4.78 is 0. The van der Waals surface area contributed by atoms with E-state index in [0.29, 0.717) is 12.1 Å². The number of piperidine rings is 1. The van der Waals surface area contributed by atoms with Crippen LogP contribution in [0.25, 0.3) is 0 Å². The first-order valence-corrected chi connectivity index (χ1v) is 9.02. The molecule has 1 fully saturated rings. The van der Waals surface area contributed by atoms with Crippen LogP contribution in [-0.4, -0.2) is 37.0 Å². The van der Waals surface area contributed by atoms with Gasteiger partial charge in [0.25, 0.3) is 5.91 Å². The van der Waals surface area contributed by atoms with Crippen molar-refractivity contribution in [3.05, 3.63) is 65.2 Å². The van der Waals surface area contributed by atoms with Crippen LogP contribution < -0.4 is 10.6 Å². The zero-order valence-electron chi connectivity index (χ0n) is 15.3. The van der Waals surface area contributed by atoms with Gasteiger partial charge in [-0.3, -0.25) is 4.79 Å². The minimum Gasteiger partial charge on any atom is -0.341 e. The summed E-state index contributed by atoms with van der Waals surface area (Å²) in [7, 11) is 1.66. The number of anilines is 1. The molecule has 0 aromatic heterocycles. The number of likely N-dealkylation sites (tertiary alicyclic amines) is 1. The minimum atomic E-state index is -0.111.